The highest BCUT2D eigenvalue weighted by Gasteiger charge is 2.59. The number of terminal acetylenes is 1. The molecule has 228 valence electrons. The fraction of sp³-hybridized carbons (Fsp3) is 0.355. The number of fused-ring (bicyclic) bond motifs is 4. The summed E-state index contributed by atoms with van der Waals surface area (Å²) < 4.78 is 0.965. The minimum atomic E-state index is -1.07. The van der Waals surface area contributed by atoms with Gasteiger partial charge in [-0.25, -0.2) is 24.8 Å². The standard InChI is InChI=1S/C31H35N9O3S/c1-4-13-37(30(42)34-16-22-9-6-5-7-10-22)38-19-27(41)40-25-14-21(2)15-33-20-39(43)31(25,3)36(18-26(38)40)17-23-11-8-12-24-28(23)35-29(32)44-24/h1,5-12,15,20,25-26,43H,13-14,16-19H2,2-3H3,(H2,32,35)(H,34,42)/b21-15+,33-20-/t25-,26+,31?/m0/s1. The molecule has 13 heteroatoms. The van der Waals surface area contributed by atoms with E-state index in [1.165, 1.54) is 22.7 Å². The minimum absolute atomic E-state index is 0.0186. The number of nitrogens with two attached hydrogens (primary N) is 1. The summed E-state index contributed by atoms with van der Waals surface area (Å²) in [7, 11) is 0. The third-order valence-corrected chi connectivity index (χ3v) is 9.49. The van der Waals surface area contributed by atoms with Crippen molar-refractivity contribution in [1.82, 2.24) is 35.2 Å². The SMILES string of the molecule is C#CCN(C(=O)NCc1ccccc1)N1CC(=O)N2[C@H]3C/C(C)=C/N=C\N(O)C3(C)N(Cc3cccc4sc(N)nc34)C[C@@H]21. The van der Waals surface area contributed by atoms with E-state index in [1.807, 2.05) is 62.4 Å². The highest BCUT2D eigenvalue weighted by molar-refractivity contribution is 7.22. The molecule has 4 heterocycles. The second kappa shape index (κ2) is 11.9. The Balaban J connectivity index is 1.37. The normalized spacial score (nSPS) is 25.8. The van der Waals surface area contributed by atoms with Crippen LogP contribution in [0.5, 0.6) is 0 Å². The molecular weight excluding hydrogens is 578 g/mol. The second-order valence-electron chi connectivity index (χ2n) is 11.4. The number of carbonyl (C=O) groups excluding carboxylic acids is 2. The van der Waals surface area contributed by atoms with E-state index in [2.05, 4.69) is 26.1 Å². The number of nitrogens with one attached hydrogen (secondary N) is 1. The average Bonchev–Trinajstić information content (AvgIpc) is 3.55. The molecule has 2 aromatic carbocycles. The number of aromatic nitrogens is 1. The maximum atomic E-state index is 13.9. The monoisotopic (exact) mass is 613 g/mol. The number of hydrogen-bond acceptors (Lipinski definition) is 10. The van der Waals surface area contributed by atoms with Crippen molar-refractivity contribution in [1.29, 1.82) is 0 Å². The molecule has 4 N–H and O–H groups in total. The number of anilines is 1. The van der Waals surface area contributed by atoms with Crippen LogP contribution in [0.25, 0.3) is 10.2 Å². The number of thiazole rings is 1. The number of hydroxylamine groups is 2. The van der Waals surface area contributed by atoms with Crippen molar-refractivity contribution in [2.24, 2.45) is 4.99 Å². The minimum Gasteiger partial charge on any atom is -0.375 e. The van der Waals surface area contributed by atoms with Gasteiger partial charge in [0.15, 0.2) is 5.13 Å². The summed E-state index contributed by atoms with van der Waals surface area (Å²) >= 11 is 1.42. The van der Waals surface area contributed by atoms with E-state index < -0.39 is 23.9 Å². The molecule has 12 nitrogen and oxygen atoms in total. The lowest BCUT2D eigenvalue weighted by Crippen LogP contribution is -2.76. The van der Waals surface area contributed by atoms with Crippen LogP contribution in [0, 0.1) is 12.3 Å². The highest BCUT2D eigenvalue weighted by atomic mass is 32.1. The summed E-state index contributed by atoms with van der Waals surface area (Å²) in [4.78, 5) is 40.3. The van der Waals surface area contributed by atoms with Gasteiger partial charge in [0.25, 0.3) is 0 Å². The zero-order chi connectivity index (χ0) is 31.0. The molecular formula is C31H35N9O3S. The molecule has 2 saturated heterocycles. The summed E-state index contributed by atoms with van der Waals surface area (Å²) in [6.45, 7) is 4.82. The average molecular weight is 614 g/mol. The molecule has 0 radical (unpaired) electrons. The highest BCUT2D eigenvalue weighted by Crippen LogP contribution is 2.42. The van der Waals surface area contributed by atoms with Crippen LogP contribution < -0.4 is 11.1 Å². The van der Waals surface area contributed by atoms with Crippen LogP contribution in [-0.2, 0) is 17.9 Å². The number of urea groups is 1. The fourth-order valence-electron chi connectivity index (χ4n) is 6.40. The Labute approximate surface area is 260 Å². The molecule has 3 aromatic rings. The van der Waals surface area contributed by atoms with Crippen molar-refractivity contribution in [2.75, 3.05) is 25.4 Å². The molecule has 0 aliphatic carbocycles. The first-order chi connectivity index (χ1) is 21.2. The number of hydrogen-bond donors (Lipinski definition) is 3. The van der Waals surface area contributed by atoms with Gasteiger partial charge in [-0.15, -0.1) is 6.42 Å². The van der Waals surface area contributed by atoms with E-state index in [9.17, 15) is 14.8 Å². The lowest BCUT2D eigenvalue weighted by Gasteiger charge is -2.58. The maximum absolute atomic E-state index is 13.9. The Morgan fingerprint density at radius 1 is 1.27 bits per heavy atom. The third kappa shape index (κ3) is 5.26. The van der Waals surface area contributed by atoms with Crippen LogP contribution in [0.15, 0.2) is 65.3 Å². The number of hydrazine groups is 1. The summed E-state index contributed by atoms with van der Waals surface area (Å²) in [5.74, 6) is 2.43. The molecule has 0 saturated carbocycles. The molecule has 3 aliphatic rings. The topological polar surface area (TPSA) is 134 Å². The number of aliphatic imine (C=N–C) groups is 1. The summed E-state index contributed by atoms with van der Waals surface area (Å²) in [6.07, 6.45) is 8.74. The number of amides is 3. The van der Waals surface area contributed by atoms with Gasteiger partial charge in [0.05, 0.1) is 29.3 Å². The number of nitrogens with zero attached hydrogens (tertiary/aromatic N) is 7. The fourth-order valence-corrected chi connectivity index (χ4v) is 7.18. The van der Waals surface area contributed by atoms with Gasteiger partial charge in [-0.05, 0) is 37.5 Å². The van der Waals surface area contributed by atoms with Gasteiger partial charge < -0.3 is 16.0 Å². The maximum Gasteiger partial charge on any atom is 0.333 e. The molecule has 1 aromatic heterocycles. The molecule has 0 bridgehead atoms. The Kier molecular flexibility index (Phi) is 8.00. The number of piperazine rings is 1. The lowest BCUT2D eigenvalue weighted by molar-refractivity contribution is -0.236. The Bertz CT molecular complexity index is 1670. The molecule has 3 amide bonds. The quantitative estimate of drug-likeness (QED) is 0.362. The predicted molar refractivity (Wildman–Crippen MR) is 169 cm³/mol. The number of carbonyl (C=O) groups is 2. The first-order valence-electron chi connectivity index (χ1n) is 14.4. The Hall–Kier alpha value is -4.48. The van der Waals surface area contributed by atoms with Gasteiger partial charge in [0, 0.05) is 25.8 Å². The van der Waals surface area contributed by atoms with Crippen molar-refractivity contribution >= 4 is 45.0 Å². The van der Waals surface area contributed by atoms with Crippen molar-refractivity contribution in [2.45, 2.75) is 51.2 Å². The molecule has 44 heavy (non-hydrogen) atoms. The first-order valence-corrected chi connectivity index (χ1v) is 15.2. The summed E-state index contributed by atoms with van der Waals surface area (Å²) in [6, 6.07) is 14.6. The number of benzene rings is 2. The first kappa shape index (κ1) is 29.6. The zero-order valence-corrected chi connectivity index (χ0v) is 25.4. The van der Waals surface area contributed by atoms with Crippen molar-refractivity contribution in [3.63, 3.8) is 0 Å². The number of nitrogen functional groups attached to an aromatic ring is 1. The van der Waals surface area contributed by atoms with E-state index in [-0.39, 0.29) is 19.0 Å². The molecule has 3 aliphatic heterocycles. The molecule has 3 atom stereocenters. The van der Waals surface area contributed by atoms with Gasteiger partial charge in [0.2, 0.25) is 5.91 Å². The van der Waals surface area contributed by atoms with Gasteiger partial charge in [-0.2, -0.15) is 5.01 Å². The smallest absolute Gasteiger partial charge is 0.333 e. The van der Waals surface area contributed by atoms with Crippen LogP contribution >= 0.6 is 11.3 Å². The Morgan fingerprint density at radius 3 is 2.84 bits per heavy atom. The van der Waals surface area contributed by atoms with Crippen LogP contribution in [0.2, 0.25) is 0 Å². The zero-order valence-electron chi connectivity index (χ0n) is 24.6. The summed E-state index contributed by atoms with van der Waals surface area (Å²) in [5, 5.41) is 19.2. The molecule has 1 unspecified atom stereocenters. The van der Waals surface area contributed by atoms with Crippen LogP contribution in [0.3, 0.4) is 0 Å². The largest absolute Gasteiger partial charge is 0.375 e. The van der Waals surface area contributed by atoms with Crippen molar-refractivity contribution in [3.05, 3.63) is 71.4 Å². The number of para-hydroxylation sites is 1. The van der Waals surface area contributed by atoms with E-state index >= 15 is 0 Å². The van der Waals surface area contributed by atoms with Gasteiger partial charge >= 0.3 is 6.03 Å². The van der Waals surface area contributed by atoms with Gasteiger partial charge in [-0.3, -0.25) is 14.9 Å². The molecule has 0 spiro atoms. The lowest BCUT2D eigenvalue weighted by atomic mass is 9.88. The Morgan fingerprint density at radius 2 is 2.07 bits per heavy atom. The van der Waals surface area contributed by atoms with E-state index in [0.29, 0.717) is 31.2 Å². The van der Waals surface area contributed by atoms with Crippen LogP contribution in [0.4, 0.5) is 9.93 Å². The van der Waals surface area contributed by atoms with Gasteiger partial charge in [-0.1, -0.05) is 65.3 Å². The summed E-state index contributed by atoms with van der Waals surface area (Å²) in [5.41, 5.74) is 8.62. The predicted octanol–water partition coefficient (Wildman–Crippen LogP) is 3.04. The van der Waals surface area contributed by atoms with Crippen LogP contribution in [-0.4, -0.2) is 90.9 Å². The third-order valence-electron chi connectivity index (χ3n) is 8.64. The van der Waals surface area contributed by atoms with Crippen LogP contribution in [0.1, 0.15) is 31.4 Å². The second-order valence-corrected chi connectivity index (χ2v) is 12.4. The van der Waals surface area contributed by atoms with E-state index in [0.717, 1.165) is 32.0 Å². The molecule has 2 fully saturated rings. The van der Waals surface area contributed by atoms with Crippen molar-refractivity contribution < 1.29 is 14.8 Å². The van der Waals surface area contributed by atoms with Gasteiger partial charge in [0.1, 0.15) is 18.2 Å². The van der Waals surface area contributed by atoms with Crippen molar-refractivity contribution in [3.8, 4) is 12.3 Å². The van der Waals surface area contributed by atoms with E-state index in [1.54, 1.807) is 16.1 Å². The molecule has 6 rings (SSSR count). The number of rotatable bonds is 6. The van der Waals surface area contributed by atoms with E-state index in [4.69, 9.17) is 12.2 Å².